The van der Waals surface area contributed by atoms with E-state index in [1.54, 1.807) is 0 Å². The first-order valence-corrected chi connectivity index (χ1v) is 7.60. The number of piperidine rings is 1. The monoisotopic (exact) mass is 241 g/mol. The first-order valence-electron chi connectivity index (χ1n) is 7.60. The topological polar surface area (TPSA) is 32.3 Å². The lowest BCUT2D eigenvalue weighted by molar-refractivity contribution is -0.0199. The van der Waals surface area contributed by atoms with E-state index in [0.717, 1.165) is 19.5 Å². The molecule has 1 aliphatic heterocycles. The maximum absolute atomic E-state index is 10.5. The molecule has 2 N–H and O–H groups in total. The fourth-order valence-corrected chi connectivity index (χ4v) is 2.85. The Balaban J connectivity index is 2.10. The smallest absolute Gasteiger partial charge is 0.0659 e. The molecule has 0 aromatic carbocycles. The summed E-state index contributed by atoms with van der Waals surface area (Å²) in [7, 11) is 0. The van der Waals surface area contributed by atoms with Crippen molar-refractivity contribution in [1.82, 2.24) is 5.32 Å². The summed E-state index contributed by atoms with van der Waals surface area (Å²) in [6.07, 6.45) is 11.2. The third-order valence-corrected chi connectivity index (χ3v) is 4.21. The Morgan fingerprint density at radius 2 is 1.88 bits per heavy atom. The molecule has 1 fully saturated rings. The SMILES string of the molecule is CCCCCCCCC(C)(O)C1CCCNC1. The first kappa shape index (κ1) is 15.0. The third kappa shape index (κ3) is 5.87. The van der Waals surface area contributed by atoms with E-state index in [4.69, 9.17) is 0 Å². The molecule has 17 heavy (non-hydrogen) atoms. The molecule has 1 rings (SSSR count). The van der Waals surface area contributed by atoms with Crippen LogP contribution in [-0.4, -0.2) is 23.8 Å². The maximum Gasteiger partial charge on any atom is 0.0659 e. The quantitative estimate of drug-likeness (QED) is 0.638. The Labute approximate surface area is 107 Å². The highest BCUT2D eigenvalue weighted by Gasteiger charge is 2.31. The molecule has 1 aliphatic rings. The van der Waals surface area contributed by atoms with Crippen molar-refractivity contribution in [2.24, 2.45) is 5.92 Å². The van der Waals surface area contributed by atoms with Gasteiger partial charge < -0.3 is 10.4 Å². The van der Waals surface area contributed by atoms with Crippen LogP contribution >= 0.6 is 0 Å². The summed E-state index contributed by atoms with van der Waals surface area (Å²) in [5.41, 5.74) is -0.446. The minimum absolute atomic E-state index is 0.446. The van der Waals surface area contributed by atoms with Gasteiger partial charge in [0.2, 0.25) is 0 Å². The van der Waals surface area contributed by atoms with Crippen molar-refractivity contribution in [2.45, 2.75) is 77.2 Å². The summed E-state index contributed by atoms with van der Waals surface area (Å²) in [5.74, 6) is 0.465. The molecule has 2 atom stereocenters. The lowest BCUT2D eigenvalue weighted by atomic mass is 9.80. The lowest BCUT2D eigenvalue weighted by Gasteiger charge is -2.36. The van der Waals surface area contributed by atoms with Crippen LogP contribution in [0.4, 0.5) is 0 Å². The van der Waals surface area contributed by atoms with Crippen LogP contribution in [0.25, 0.3) is 0 Å². The Bertz CT molecular complexity index is 185. The number of aliphatic hydroxyl groups is 1. The van der Waals surface area contributed by atoms with Gasteiger partial charge in [-0.1, -0.05) is 45.4 Å². The van der Waals surface area contributed by atoms with E-state index in [1.807, 2.05) is 6.92 Å². The Morgan fingerprint density at radius 3 is 2.53 bits per heavy atom. The molecule has 0 aliphatic carbocycles. The molecule has 0 amide bonds. The Kier molecular flexibility index (Phi) is 7.14. The van der Waals surface area contributed by atoms with Crippen LogP contribution in [0.5, 0.6) is 0 Å². The van der Waals surface area contributed by atoms with Crippen molar-refractivity contribution in [3.8, 4) is 0 Å². The molecule has 2 heteroatoms. The van der Waals surface area contributed by atoms with Crippen LogP contribution in [0.1, 0.15) is 71.6 Å². The van der Waals surface area contributed by atoms with E-state index in [-0.39, 0.29) is 0 Å². The fourth-order valence-electron chi connectivity index (χ4n) is 2.85. The molecule has 0 radical (unpaired) electrons. The van der Waals surface area contributed by atoms with Gasteiger partial charge in [-0.15, -0.1) is 0 Å². The number of hydrogen-bond donors (Lipinski definition) is 2. The van der Waals surface area contributed by atoms with E-state index < -0.39 is 5.60 Å². The number of rotatable bonds is 8. The van der Waals surface area contributed by atoms with Crippen molar-refractivity contribution in [3.63, 3.8) is 0 Å². The molecule has 2 nitrogen and oxygen atoms in total. The zero-order valence-corrected chi connectivity index (χ0v) is 11.8. The standard InChI is InChI=1S/C15H31NO/c1-3-4-5-6-7-8-11-15(2,17)14-10-9-12-16-13-14/h14,16-17H,3-13H2,1-2H3. The summed E-state index contributed by atoms with van der Waals surface area (Å²) in [6, 6.07) is 0. The highest BCUT2D eigenvalue weighted by Crippen LogP contribution is 2.28. The minimum Gasteiger partial charge on any atom is -0.390 e. The van der Waals surface area contributed by atoms with Crippen LogP contribution in [0.15, 0.2) is 0 Å². The lowest BCUT2D eigenvalue weighted by Crippen LogP contribution is -2.44. The molecule has 1 saturated heterocycles. The van der Waals surface area contributed by atoms with Gasteiger partial charge in [0.05, 0.1) is 5.60 Å². The van der Waals surface area contributed by atoms with Crippen molar-refractivity contribution in [2.75, 3.05) is 13.1 Å². The highest BCUT2D eigenvalue weighted by molar-refractivity contribution is 4.85. The molecule has 0 saturated carbocycles. The second-order valence-electron chi connectivity index (χ2n) is 5.92. The van der Waals surface area contributed by atoms with Crippen LogP contribution in [0.2, 0.25) is 0 Å². The number of unbranched alkanes of at least 4 members (excludes halogenated alkanes) is 5. The second-order valence-corrected chi connectivity index (χ2v) is 5.92. The molecule has 0 bridgehead atoms. The summed E-state index contributed by atoms with van der Waals surface area (Å²) < 4.78 is 0. The molecule has 102 valence electrons. The minimum atomic E-state index is -0.446. The molecule has 0 aromatic rings. The molecular formula is C15H31NO. The van der Waals surface area contributed by atoms with Crippen LogP contribution in [0, 0.1) is 5.92 Å². The van der Waals surface area contributed by atoms with Gasteiger partial charge in [0.25, 0.3) is 0 Å². The van der Waals surface area contributed by atoms with Crippen molar-refractivity contribution in [3.05, 3.63) is 0 Å². The largest absolute Gasteiger partial charge is 0.390 e. The summed E-state index contributed by atoms with van der Waals surface area (Å²) in [5, 5.41) is 13.9. The normalized spacial score (nSPS) is 24.5. The van der Waals surface area contributed by atoms with Gasteiger partial charge in [0.15, 0.2) is 0 Å². The van der Waals surface area contributed by atoms with E-state index in [2.05, 4.69) is 12.2 Å². The van der Waals surface area contributed by atoms with E-state index in [0.29, 0.717) is 5.92 Å². The molecule has 2 unspecified atom stereocenters. The Morgan fingerprint density at radius 1 is 1.18 bits per heavy atom. The first-order chi connectivity index (χ1) is 8.17. The summed E-state index contributed by atoms with van der Waals surface area (Å²) in [6.45, 7) is 6.42. The zero-order chi connectivity index (χ0) is 12.6. The Hall–Kier alpha value is -0.0800. The van der Waals surface area contributed by atoms with Gasteiger partial charge in [-0.2, -0.15) is 0 Å². The van der Waals surface area contributed by atoms with E-state index in [9.17, 15) is 5.11 Å². The van der Waals surface area contributed by atoms with E-state index >= 15 is 0 Å². The molecular weight excluding hydrogens is 210 g/mol. The number of nitrogens with one attached hydrogen (secondary N) is 1. The summed E-state index contributed by atoms with van der Waals surface area (Å²) >= 11 is 0. The van der Waals surface area contributed by atoms with Crippen molar-refractivity contribution >= 4 is 0 Å². The third-order valence-electron chi connectivity index (χ3n) is 4.21. The van der Waals surface area contributed by atoms with Crippen LogP contribution < -0.4 is 5.32 Å². The van der Waals surface area contributed by atoms with Crippen LogP contribution in [-0.2, 0) is 0 Å². The van der Waals surface area contributed by atoms with Crippen molar-refractivity contribution < 1.29 is 5.11 Å². The predicted octanol–water partition coefficient (Wildman–Crippen LogP) is 3.49. The average molecular weight is 241 g/mol. The van der Waals surface area contributed by atoms with Gasteiger partial charge in [-0.25, -0.2) is 0 Å². The van der Waals surface area contributed by atoms with Gasteiger partial charge >= 0.3 is 0 Å². The molecule has 0 aromatic heterocycles. The van der Waals surface area contributed by atoms with Crippen molar-refractivity contribution in [1.29, 1.82) is 0 Å². The second kappa shape index (κ2) is 8.10. The van der Waals surface area contributed by atoms with E-state index in [1.165, 1.54) is 51.4 Å². The highest BCUT2D eigenvalue weighted by atomic mass is 16.3. The zero-order valence-electron chi connectivity index (χ0n) is 11.8. The van der Waals surface area contributed by atoms with Gasteiger partial charge in [0.1, 0.15) is 0 Å². The van der Waals surface area contributed by atoms with Gasteiger partial charge in [-0.05, 0) is 38.6 Å². The van der Waals surface area contributed by atoms with Gasteiger partial charge in [-0.3, -0.25) is 0 Å². The molecule has 1 heterocycles. The van der Waals surface area contributed by atoms with Gasteiger partial charge in [0, 0.05) is 6.54 Å². The molecule has 0 spiro atoms. The van der Waals surface area contributed by atoms with Crippen LogP contribution in [0.3, 0.4) is 0 Å². The summed E-state index contributed by atoms with van der Waals surface area (Å²) in [4.78, 5) is 0. The predicted molar refractivity (Wildman–Crippen MR) is 74.2 cm³/mol. The number of hydrogen-bond acceptors (Lipinski definition) is 2. The fraction of sp³-hybridized carbons (Fsp3) is 1.00. The maximum atomic E-state index is 10.5. The average Bonchev–Trinajstić information content (AvgIpc) is 2.35.